The van der Waals surface area contributed by atoms with E-state index in [9.17, 15) is 0 Å². The maximum atomic E-state index is 4.96. The van der Waals surface area contributed by atoms with Gasteiger partial charge >= 0.3 is 0 Å². The van der Waals surface area contributed by atoms with E-state index in [1.165, 1.54) is 83.9 Å². The SMILES string of the molecule is C=Cc1ccc(C(Cc2cnccc2C)C2CCCC([C@H](C)CCC(C)C(=C)c3c(C)cc(-c4cccnc4)nc3C)CC2)cc1.CC.[HH]. The van der Waals surface area contributed by atoms with E-state index in [1.54, 1.807) is 6.20 Å². The molecule has 1 fully saturated rings. The van der Waals surface area contributed by atoms with Crippen LogP contribution in [0.5, 0.6) is 0 Å². The molecule has 3 heteroatoms. The molecule has 3 heterocycles. The summed E-state index contributed by atoms with van der Waals surface area (Å²) in [5, 5.41) is 0. The maximum Gasteiger partial charge on any atom is 0.0723 e. The zero-order valence-electron chi connectivity index (χ0n) is 30.8. The van der Waals surface area contributed by atoms with Crippen LogP contribution in [0.4, 0.5) is 0 Å². The summed E-state index contributed by atoms with van der Waals surface area (Å²) in [6, 6.07) is 17.5. The lowest BCUT2D eigenvalue weighted by atomic mass is 9.76. The van der Waals surface area contributed by atoms with Crippen molar-refractivity contribution in [3.05, 3.63) is 126 Å². The van der Waals surface area contributed by atoms with Crippen molar-refractivity contribution in [2.75, 3.05) is 0 Å². The van der Waals surface area contributed by atoms with Crippen molar-refractivity contribution in [1.82, 2.24) is 15.0 Å². The van der Waals surface area contributed by atoms with Gasteiger partial charge in [-0.25, -0.2) is 0 Å². The molecule has 1 aliphatic carbocycles. The predicted molar refractivity (Wildman–Crippen MR) is 209 cm³/mol. The highest BCUT2D eigenvalue weighted by molar-refractivity contribution is 5.72. The second-order valence-corrected chi connectivity index (χ2v) is 14.0. The van der Waals surface area contributed by atoms with Gasteiger partial charge in [0.2, 0.25) is 0 Å². The van der Waals surface area contributed by atoms with Crippen molar-refractivity contribution in [3.63, 3.8) is 0 Å². The Labute approximate surface area is 293 Å². The minimum atomic E-state index is 0. The number of pyridine rings is 3. The van der Waals surface area contributed by atoms with Gasteiger partial charge in [-0.15, -0.1) is 0 Å². The van der Waals surface area contributed by atoms with Crippen molar-refractivity contribution in [2.24, 2.45) is 23.7 Å². The average molecular weight is 644 g/mol. The highest BCUT2D eigenvalue weighted by Gasteiger charge is 2.30. The molecule has 3 aromatic heterocycles. The molecule has 0 bridgehead atoms. The van der Waals surface area contributed by atoms with Crippen LogP contribution in [0.2, 0.25) is 0 Å². The van der Waals surface area contributed by atoms with Gasteiger partial charge < -0.3 is 0 Å². The molecule has 0 N–H and O–H groups in total. The van der Waals surface area contributed by atoms with Crippen LogP contribution in [0.15, 0.2) is 86.5 Å². The first-order chi connectivity index (χ1) is 23.2. The van der Waals surface area contributed by atoms with E-state index in [-0.39, 0.29) is 1.43 Å². The molecule has 4 aromatic rings. The largest absolute Gasteiger partial charge is 0.264 e. The standard InChI is InChI=1S/C43H53N3.C2H6.H2/c1-8-35-16-18-38(19-17-35)41(26-40-28-45-24-22-31(40)4)37-12-9-11-36(20-21-37)30(3)15-14-29(2)33(6)43-32(5)25-42(46-34(43)7)39-13-10-23-44-27-39;1-2;/h8,10,13,16-19,22-25,27-30,36-37,41H,1,6,9,11-12,14-15,20-21,26H2,2-5,7H3;1-2H3;1H/t29?,30-,36?,37?,41?;;/m1../s1. The van der Waals surface area contributed by atoms with Crippen LogP contribution < -0.4 is 0 Å². The van der Waals surface area contributed by atoms with Crippen molar-refractivity contribution in [3.8, 4) is 11.3 Å². The zero-order chi connectivity index (χ0) is 34.6. The minimum absolute atomic E-state index is 0. The topological polar surface area (TPSA) is 38.7 Å². The molecule has 3 nitrogen and oxygen atoms in total. The van der Waals surface area contributed by atoms with E-state index in [2.05, 4.69) is 106 Å². The van der Waals surface area contributed by atoms with Gasteiger partial charge in [-0.05, 0) is 147 Å². The van der Waals surface area contributed by atoms with Crippen LogP contribution in [0, 0.1) is 44.4 Å². The summed E-state index contributed by atoms with van der Waals surface area (Å²) in [5.41, 5.74) is 12.2. The predicted octanol–water partition coefficient (Wildman–Crippen LogP) is 12.7. The lowest BCUT2D eigenvalue weighted by molar-refractivity contribution is 0.283. The third-order valence-electron chi connectivity index (χ3n) is 10.9. The Bertz CT molecular complexity index is 1590. The number of rotatable bonds is 12. The zero-order valence-corrected chi connectivity index (χ0v) is 30.8. The lowest BCUT2D eigenvalue weighted by Crippen LogP contribution is -2.17. The highest BCUT2D eigenvalue weighted by atomic mass is 14.7. The normalized spacial score (nSPS) is 18.1. The molecule has 1 aliphatic rings. The summed E-state index contributed by atoms with van der Waals surface area (Å²) in [7, 11) is 0. The van der Waals surface area contributed by atoms with E-state index in [0.717, 1.165) is 29.3 Å². The highest BCUT2D eigenvalue weighted by Crippen LogP contribution is 2.42. The monoisotopic (exact) mass is 643 g/mol. The van der Waals surface area contributed by atoms with Crippen molar-refractivity contribution >= 4 is 11.6 Å². The average Bonchev–Trinajstić information content (AvgIpc) is 3.37. The molecule has 1 saturated carbocycles. The van der Waals surface area contributed by atoms with E-state index in [0.29, 0.717) is 23.7 Å². The van der Waals surface area contributed by atoms with Crippen LogP contribution in [-0.4, -0.2) is 15.0 Å². The van der Waals surface area contributed by atoms with E-state index in [1.807, 2.05) is 38.4 Å². The molecular formula is C45H61N3. The van der Waals surface area contributed by atoms with Gasteiger partial charge in [-0.2, -0.15) is 0 Å². The molecule has 0 aliphatic heterocycles. The number of hydrogen-bond acceptors (Lipinski definition) is 3. The van der Waals surface area contributed by atoms with Crippen LogP contribution in [0.1, 0.15) is 119 Å². The molecule has 5 atom stereocenters. The molecule has 0 amide bonds. The lowest BCUT2D eigenvalue weighted by Gasteiger charge is -2.28. The first-order valence-corrected chi connectivity index (χ1v) is 18.4. The fourth-order valence-corrected chi connectivity index (χ4v) is 7.86. The number of nitrogens with zero attached hydrogens (tertiary/aromatic N) is 3. The van der Waals surface area contributed by atoms with Gasteiger partial charge in [0, 0.05) is 43.0 Å². The first kappa shape index (κ1) is 37.0. The molecule has 4 unspecified atom stereocenters. The number of allylic oxidation sites excluding steroid dienone is 1. The summed E-state index contributed by atoms with van der Waals surface area (Å²) < 4.78 is 0. The number of benzene rings is 1. The van der Waals surface area contributed by atoms with E-state index >= 15 is 0 Å². The Balaban J connectivity index is 0.00000213. The third kappa shape index (κ3) is 9.40. The smallest absolute Gasteiger partial charge is 0.0723 e. The second kappa shape index (κ2) is 18.1. The second-order valence-electron chi connectivity index (χ2n) is 14.0. The van der Waals surface area contributed by atoms with Gasteiger partial charge in [-0.3, -0.25) is 15.0 Å². The van der Waals surface area contributed by atoms with Gasteiger partial charge in [0.05, 0.1) is 5.69 Å². The van der Waals surface area contributed by atoms with E-state index < -0.39 is 0 Å². The van der Waals surface area contributed by atoms with Crippen LogP contribution in [0.25, 0.3) is 22.9 Å². The molecule has 5 rings (SSSR count). The van der Waals surface area contributed by atoms with Gasteiger partial charge in [0.25, 0.3) is 0 Å². The van der Waals surface area contributed by atoms with Gasteiger partial charge in [0.15, 0.2) is 0 Å². The molecule has 256 valence electrons. The number of hydrogen-bond donors (Lipinski definition) is 0. The van der Waals surface area contributed by atoms with Crippen molar-refractivity contribution in [2.45, 2.75) is 106 Å². The Kier molecular flexibility index (Phi) is 13.9. The summed E-state index contributed by atoms with van der Waals surface area (Å²) in [5.74, 6) is 3.14. The number of aryl methyl sites for hydroxylation is 3. The Morgan fingerprint density at radius 3 is 2.25 bits per heavy atom. The molecule has 1 aromatic carbocycles. The summed E-state index contributed by atoms with van der Waals surface area (Å²) in [6.45, 7) is 24.0. The number of aromatic nitrogens is 3. The van der Waals surface area contributed by atoms with Crippen LogP contribution in [0.3, 0.4) is 0 Å². The van der Waals surface area contributed by atoms with E-state index in [4.69, 9.17) is 4.98 Å². The van der Waals surface area contributed by atoms with Gasteiger partial charge in [-0.1, -0.05) is 84.0 Å². The quantitative estimate of drug-likeness (QED) is 0.144. The third-order valence-corrected chi connectivity index (χ3v) is 10.9. The molecule has 0 radical (unpaired) electrons. The summed E-state index contributed by atoms with van der Waals surface area (Å²) in [6.07, 6.45) is 19.7. The first-order valence-electron chi connectivity index (χ1n) is 18.4. The van der Waals surface area contributed by atoms with Crippen molar-refractivity contribution < 1.29 is 1.43 Å². The van der Waals surface area contributed by atoms with Crippen molar-refractivity contribution in [1.29, 1.82) is 0 Å². The fourth-order valence-electron chi connectivity index (χ4n) is 7.86. The summed E-state index contributed by atoms with van der Waals surface area (Å²) >= 11 is 0. The Hall–Kier alpha value is -3.85. The maximum absolute atomic E-state index is 4.96. The molecular weight excluding hydrogens is 583 g/mol. The van der Waals surface area contributed by atoms with Gasteiger partial charge in [0.1, 0.15) is 0 Å². The Morgan fingerprint density at radius 2 is 1.58 bits per heavy atom. The van der Waals surface area contributed by atoms with Crippen LogP contribution >= 0.6 is 0 Å². The molecule has 0 spiro atoms. The minimum Gasteiger partial charge on any atom is -0.264 e. The summed E-state index contributed by atoms with van der Waals surface area (Å²) in [4.78, 5) is 13.7. The molecule has 0 saturated heterocycles. The Morgan fingerprint density at radius 1 is 0.875 bits per heavy atom. The fraction of sp³-hybridized carbons (Fsp3) is 0.444. The molecule has 48 heavy (non-hydrogen) atoms. The van der Waals surface area contributed by atoms with Crippen LogP contribution in [-0.2, 0) is 6.42 Å².